The summed E-state index contributed by atoms with van der Waals surface area (Å²) in [4.78, 5) is 16.3. The molecule has 12 nitrogen and oxygen atoms in total. The number of aromatic nitrogens is 8. The van der Waals surface area contributed by atoms with E-state index in [1.807, 2.05) is 11.6 Å². The SMILES string of the molecule is CCn1ncc2c(NC3CCOC(=O)C3)c(-c3nnc(Cn4ccnn4)o3)cnc21. The Morgan fingerprint density at radius 3 is 3.03 bits per heavy atom. The van der Waals surface area contributed by atoms with Crippen molar-refractivity contribution in [1.82, 2.24) is 40.0 Å². The van der Waals surface area contributed by atoms with Gasteiger partial charge in [-0.05, 0) is 6.92 Å². The van der Waals surface area contributed by atoms with Gasteiger partial charge in [-0.15, -0.1) is 15.3 Å². The van der Waals surface area contributed by atoms with E-state index in [4.69, 9.17) is 9.15 Å². The van der Waals surface area contributed by atoms with E-state index in [-0.39, 0.29) is 18.4 Å². The predicted molar refractivity (Wildman–Crippen MR) is 103 cm³/mol. The van der Waals surface area contributed by atoms with Crippen LogP contribution in [0.25, 0.3) is 22.5 Å². The van der Waals surface area contributed by atoms with Gasteiger partial charge in [0.05, 0.1) is 42.1 Å². The lowest BCUT2D eigenvalue weighted by molar-refractivity contribution is -0.147. The van der Waals surface area contributed by atoms with Crippen molar-refractivity contribution in [1.29, 1.82) is 0 Å². The number of nitrogens with zero attached hydrogens (tertiary/aromatic N) is 8. The van der Waals surface area contributed by atoms with Gasteiger partial charge in [0.25, 0.3) is 5.89 Å². The van der Waals surface area contributed by atoms with Gasteiger partial charge in [-0.1, -0.05) is 5.21 Å². The summed E-state index contributed by atoms with van der Waals surface area (Å²) in [6.45, 7) is 3.39. The standard InChI is InChI=1S/C18H19N9O3/c1-2-27-17-12(9-21-27)16(22-11-3-6-29-15(28)7-11)13(8-19-17)18-24-23-14(30-18)10-26-5-4-20-25-26/h4-5,8-9,11H,2-3,6-7,10H2,1H3,(H,19,22). The first-order valence-corrected chi connectivity index (χ1v) is 9.64. The molecule has 0 spiro atoms. The fourth-order valence-corrected chi connectivity index (χ4v) is 3.46. The lowest BCUT2D eigenvalue weighted by atomic mass is 10.1. The Labute approximate surface area is 170 Å². The van der Waals surface area contributed by atoms with Gasteiger partial charge in [0.2, 0.25) is 5.89 Å². The van der Waals surface area contributed by atoms with Crippen molar-refractivity contribution in [2.45, 2.75) is 38.9 Å². The average Bonchev–Trinajstić information content (AvgIpc) is 3.49. The second-order valence-corrected chi connectivity index (χ2v) is 6.90. The molecule has 12 heteroatoms. The molecule has 5 rings (SSSR count). The third kappa shape index (κ3) is 3.36. The Morgan fingerprint density at radius 2 is 2.23 bits per heavy atom. The van der Waals surface area contributed by atoms with Gasteiger partial charge in [-0.2, -0.15) is 5.10 Å². The Bertz CT molecular complexity index is 1180. The minimum atomic E-state index is -0.220. The van der Waals surface area contributed by atoms with Gasteiger partial charge in [0.15, 0.2) is 5.65 Å². The zero-order chi connectivity index (χ0) is 20.5. The first-order chi connectivity index (χ1) is 14.7. The summed E-state index contributed by atoms with van der Waals surface area (Å²) < 4.78 is 14.3. The molecule has 4 aromatic rings. The largest absolute Gasteiger partial charge is 0.466 e. The van der Waals surface area contributed by atoms with Gasteiger partial charge in [0, 0.05) is 31.4 Å². The van der Waals surface area contributed by atoms with Crippen LogP contribution < -0.4 is 5.32 Å². The van der Waals surface area contributed by atoms with E-state index in [0.29, 0.717) is 43.5 Å². The van der Waals surface area contributed by atoms with Crippen LogP contribution in [0.4, 0.5) is 5.69 Å². The quantitative estimate of drug-likeness (QED) is 0.463. The zero-order valence-corrected chi connectivity index (χ0v) is 16.2. The highest BCUT2D eigenvalue weighted by molar-refractivity contribution is 5.96. The van der Waals surface area contributed by atoms with E-state index < -0.39 is 0 Å². The lowest BCUT2D eigenvalue weighted by Crippen LogP contribution is -2.31. The summed E-state index contributed by atoms with van der Waals surface area (Å²) in [6.07, 6.45) is 7.73. The van der Waals surface area contributed by atoms with Crippen molar-refractivity contribution < 1.29 is 13.9 Å². The number of pyridine rings is 1. The van der Waals surface area contributed by atoms with Crippen LogP contribution >= 0.6 is 0 Å². The van der Waals surface area contributed by atoms with Crippen LogP contribution in [0.5, 0.6) is 0 Å². The number of aryl methyl sites for hydroxylation is 1. The van der Waals surface area contributed by atoms with Crippen molar-refractivity contribution in [3.8, 4) is 11.5 Å². The van der Waals surface area contributed by atoms with Gasteiger partial charge in [-0.3, -0.25) is 4.79 Å². The molecule has 0 aromatic carbocycles. The van der Waals surface area contributed by atoms with Crippen LogP contribution in [0.15, 0.2) is 29.2 Å². The second kappa shape index (κ2) is 7.54. The van der Waals surface area contributed by atoms with E-state index in [9.17, 15) is 4.79 Å². The molecule has 1 atom stereocenters. The summed E-state index contributed by atoms with van der Waals surface area (Å²) in [7, 11) is 0. The number of anilines is 1. The minimum Gasteiger partial charge on any atom is -0.466 e. The maximum absolute atomic E-state index is 11.7. The molecule has 1 aliphatic heterocycles. The molecule has 1 unspecified atom stereocenters. The summed E-state index contributed by atoms with van der Waals surface area (Å²) in [5.74, 6) is 0.499. The Kier molecular flexibility index (Phi) is 4.58. The molecule has 0 aliphatic carbocycles. The van der Waals surface area contributed by atoms with Crippen molar-refractivity contribution in [2.24, 2.45) is 0 Å². The van der Waals surface area contributed by atoms with E-state index >= 15 is 0 Å². The van der Waals surface area contributed by atoms with Gasteiger partial charge in [0.1, 0.15) is 6.54 Å². The third-order valence-electron chi connectivity index (χ3n) is 4.92. The molecular weight excluding hydrogens is 390 g/mol. The van der Waals surface area contributed by atoms with Crippen LogP contribution in [0.2, 0.25) is 0 Å². The van der Waals surface area contributed by atoms with E-state index in [2.05, 4.69) is 35.9 Å². The zero-order valence-electron chi connectivity index (χ0n) is 16.2. The second-order valence-electron chi connectivity index (χ2n) is 6.90. The number of cyclic esters (lactones) is 1. The number of hydrogen-bond acceptors (Lipinski definition) is 10. The molecule has 1 aliphatic rings. The van der Waals surface area contributed by atoms with Crippen LogP contribution in [0.3, 0.4) is 0 Å². The molecule has 0 radical (unpaired) electrons. The topological polar surface area (TPSA) is 139 Å². The number of ether oxygens (including phenoxy) is 1. The Balaban J connectivity index is 1.54. The molecule has 1 fully saturated rings. The lowest BCUT2D eigenvalue weighted by Gasteiger charge is -2.24. The fraction of sp³-hybridized carbons (Fsp3) is 0.389. The number of carbonyl (C=O) groups is 1. The highest BCUT2D eigenvalue weighted by Crippen LogP contribution is 2.34. The monoisotopic (exact) mass is 409 g/mol. The summed E-state index contributed by atoms with van der Waals surface area (Å²) >= 11 is 0. The number of esters is 1. The predicted octanol–water partition coefficient (Wildman–Crippen LogP) is 1.26. The average molecular weight is 409 g/mol. The molecule has 0 bridgehead atoms. The number of rotatable bonds is 6. The number of carbonyl (C=O) groups excluding carboxylic acids is 1. The fourth-order valence-electron chi connectivity index (χ4n) is 3.46. The highest BCUT2D eigenvalue weighted by atomic mass is 16.5. The molecule has 4 aromatic heterocycles. The first-order valence-electron chi connectivity index (χ1n) is 9.64. The van der Waals surface area contributed by atoms with E-state index in [1.54, 1.807) is 29.5 Å². The molecule has 0 saturated carbocycles. The summed E-state index contributed by atoms with van der Waals surface area (Å²) in [5, 5.41) is 24.7. The van der Waals surface area contributed by atoms with Gasteiger partial charge >= 0.3 is 5.97 Å². The minimum absolute atomic E-state index is 0.0712. The van der Waals surface area contributed by atoms with Crippen molar-refractivity contribution in [2.75, 3.05) is 11.9 Å². The van der Waals surface area contributed by atoms with Crippen LogP contribution in [0, 0.1) is 0 Å². The van der Waals surface area contributed by atoms with Crippen molar-refractivity contribution >= 4 is 22.7 Å². The number of nitrogens with one attached hydrogen (secondary N) is 1. The Morgan fingerprint density at radius 1 is 1.30 bits per heavy atom. The summed E-state index contributed by atoms with van der Waals surface area (Å²) in [6, 6.07) is -0.0712. The Hall–Kier alpha value is -3.83. The van der Waals surface area contributed by atoms with E-state index in [1.165, 1.54) is 0 Å². The maximum Gasteiger partial charge on any atom is 0.307 e. The molecule has 1 N–H and O–H groups in total. The highest BCUT2D eigenvalue weighted by Gasteiger charge is 2.25. The maximum atomic E-state index is 11.7. The van der Waals surface area contributed by atoms with Gasteiger partial charge in [-0.25, -0.2) is 14.3 Å². The van der Waals surface area contributed by atoms with Gasteiger partial charge < -0.3 is 14.5 Å². The first kappa shape index (κ1) is 18.2. The summed E-state index contributed by atoms with van der Waals surface area (Å²) in [5.41, 5.74) is 2.15. The third-order valence-corrected chi connectivity index (χ3v) is 4.92. The number of hydrogen-bond donors (Lipinski definition) is 1. The van der Waals surface area contributed by atoms with Crippen LogP contribution in [-0.2, 0) is 22.6 Å². The molecule has 30 heavy (non-hydrogen) atoms. The molecule has 5 heterocycles. The molecule has 1 saturated heterocycles. The molecular formula is C18H19N9O3. The van der Waals surface area contributed by atoms with Crippen molar-refractivity contribution in [3.63, 3.8) is 0 Å². The normalized spacial score (nSPS) is 16.7. The van der Waals surface area contributed by atoms with E-state index in [0.717, 1.165) is 16.7 Å². The van der Waals surface area contributed by atoms with Crippen LogP contribution in [-0.4, -0.2) is 58.6 Å². The van der Waals surface area contributed by atoms with Crippen molar-refractivity contribution in [3.05, 3.63) is 30.7 Å². The molecule has 154 valence electrons. The smallest absolute Gasteiger partial charge is 0.307 e. The van der Waals surface area contributed by atoms with Crippen LogP contribution in [0.1, 0.15) is 25.7 Å². The number of fused-ring (bicyclic) bond motifs is 1. The molecule has 0 amide bonds.